The molecule has 1 aliphatic rings. The first-order chi connectivity index (χ1) is 4.83. The van der Waals surface area contributed by atoms with Crippen molar-refractivity contribution in [3.05, 3.63) is 0 Å². The number of carbonyl (C=O) groups excluding carboxylic acids is 1. The highest BCUT2D eigenvalue weighted by atomic mass is 31.1. The molecule has 10 heavy (non-hydrogen) atoms. The molecule has 1 saturated heterocycles. The summed E-state index contributed by atoms with van der Waals surface area (Å²) >= 11 is 0. The highest BCUT2D eigenvalue weighted by Gasteiger charge is 2.26. The SMILES string of the molecule is O=C1OCC(OOPO)O1. The Bertz CT molecular complexity index is 126. The second-order valence-electron chi connectivity index (χ2n) is 1.38. The van der Waals surface area contributed by atoms with E-state index in [1.165, 1.54) is 0 Å². The molecule has 2 atom stereocenters. The lowest BCUT2D eigenvalue weighted by atomic mass is 10.7. The molecule has 1 rings (SSSR count). The van der Waals surface area contributed by atoms with Gasteiger partial charge in [0.05, 0.1) is 0 Å². The summed E-state index contributed by atoms with van der Waals surface area (Å²) < 4.78 is 12.8. The Morgan fingerprint density at radius 2 is 2.60 bits per heavy atom. The molecule has 0 aliphatic carbocycles. The normalized spacial score (nSPS) is 25.3. The fourth-order valence-electron chi connectivity index (χ4n) is 0.434. The number of hydrogen-bond donors (Lipinski definition) is 1. The Morgan fingerprint density at radius 1 is 1.80 bits per heavy atom. The maximum atomic E-state index is 10.2. The fraction of sp³-hybridized carbons (Fsp3) is 0.667. The fourth-order valence-corrected chi connectivity index (χ4v) is 0.584. The van der Waals surface area contributed by atoms with Crippen molar-refractivity contribution in [2.75, 3.05) is 6.61 Å². The summed E-state index contributed by atoms with van der Waals surface area (Å²) in [4.78, 5) is 22.6. The standard InChI is InChI=1S/C3H5O6P/c4-3-6-1-2(7-3)8-9-10-5/h2,5,10H,1H2. The van der Waals surface area contributed by atoms with Gasteiger partial charge < -0.3 is 14.4 Å². The molecule has 0 aromatic heterocycles. The summed E-state index contributed by atoms with van der Waals surface area (Å²) in [7, 11) is -0.793. The van der Waals surface area contributed by atoms with Crippen LogP contribution in [0, 0.1) is 0 Å². The van der Waals surface area contributed by atoms with Crippen molar-refractivity contribution in [1.82, 2.24) is 0 Å². The predicted octanol–water partition coefficient (Wildman–Crippen LogP) is -0.0717. The zero-order chi connectivity index (χ0) is 7.40. The third-order valence-electron chi connectivity index (χ3n) is 0.758. The van der Waals surface area contributed by atoms with Crippen LogP contribution < -0.4 is 0 Å². The minimum atomic E-state index is -0.854. The molecule has 1 heterocycles. The molecule has 2 unspecified atom stereocenters. The van der Waals surface area contributed by atoms with Gasteiger partial charge in [0.25, 0.3) is 6.29 Å². The maximum Gasteiger partial charge on any atom is 0.511 e. The van der Waals surface area contributed by atoms with Gasteiger partial charge >= 0.3 is 6.16 Å². The Kier molecular flexibility index (Phi) is 2.82. The monoisotopic (exact) mass is 168 g/mol. The average Bonchev–Trinajstić information content (AvgIpc) is 2.31. The van der Waals surface area contributed by atoms with Gasteiger partial charge in [0.1, 0.15) is 0 Å². The summed E-state index contributed by atoms with van der Waals surface area (Å²) in [6.07, 6.45) is -1.65. The topological polar surface area (TPSA) is 74.2 Å². The van der Waals surface area contributed by atoms with Gasteiger partial charge in [-0.05, 0) is 0 Å². The van der Waals surface area contributed by atoms with Crippen LogP contribution in [0.4, 0.5) is 4.79 Å². The number of hydrogen-bond acceptors (Lipinski definition) is 6. The third kappa shape index (κ3) is 2.07. The Labute approximate surface area is 57.9 Å². The van der Waals surface area contributed by atoms with Gasteiger partial charge in [0.2, 0.25) is 0 Å². The lowest BCUT2D eigenvalue weighted by Gasteiger charge is -2.02. The van der Waals surface area contributed by atoms with Gasteiger partial charge in [-0.15, -0.1) is 0 Å². The number of rotatable bonds is 3. The number of carbonyl (C=O) groups is 1. The van der Waals surface area contributed by atoms with E-state index in [-0.39, 0.29) is 6.61 Å². The van der Waals surface area contributed by atoms with Crippen LogP contribution in [0.2, 0.25) is 0 Å². The van der Waals surface area contributed by atoms with Crippen LogP contribution in [0.1, 0.15) is 0 Å². The van der Waals surface area contributed by atoms with E-state index in [9.17, 15) is 4.79 Å². The van der Waals surface area contributed by atoms with Crippen molar-refractivity contribution in [2.24, 2.45) is 0 Å². The Balaban J connectivity index is 2.12. The van der Waals surface area contributed by atoms with Crippen LogP contribution in [0.5, 0.6) is 0 Å². The van der Waals surface area contributed by atoms with Gasteiger partial charge in [-0.1, -0.05) is 0 Å². The van der Waals surface area contributed by atoms with E-state index in [0.717, 1.165) is 0 Å². The van der Waals surface area contributed by atoms with Crippen LogP contribution in [-0.2, 0) is 19.0 Å². The van der Waals surface area contributed by atoms with E-state index in [1.807, 2.05) is 0 Å². The molecule has 0 bridgehead atoms. The van der Waals surface area contributed by atoms with Crippen LogP contribution in [-0.4, -0.2) is 23.9 Å². The first-order valence-electron chi connectivity index (χ1n) is 2.38. The lowest BCUT2D eigenvalue weighted by molar-refractivity contribution is -0.290. The molecule has 58 valence electrons. The quantitative estimate of drug-likeness (QED) is 0.275. The third-order valence-corrected chi connectivity index (χ3v) is 0.928. The van der Waals surface area contributed by atoms with Crippen molar-refractivity contribution in [2.45, 2.75) is 6.29 Å². The molecule has 1 aliphatic heterocycles. The second kappa shape index (κ2) is 3.68. The zero-order valence-corrected chi connectivity index (χ0v) is 5.77. The molecule has 7 heteroatoms. The second-order valence-corrected chi connectivity index (χ2v) is 1.73. The van der Waals surface area contributed by atoms with E-state index in [0.29, 0.717) is 0 Å². The highest BCUT2D eigenvalue weighted by Crippen LogP contribution is 2.12. The predicted molar refractivity (Wildman–Crippen MR) is 28.9 cm³/mol. The summed E-state index contributed by atoms with van der Waals surface area (Å²) in [6, 6.07) is 0. The summed E-state index contributed by atoms with van der Waals surface area (Å²) in [5.41, 5.74) is 0. The van der Waals surface area contributed by atoms with Gasteiger partial charge in [0.15, 0.2) is 15.6 Å². The molecule has 0 radical (unpaired) electrons. The van der Waals surface area contributed by atoms with Crippen molar-refractivity contribution >= 4 is 15.2 Å². The number of cyclic esters (lactones) is 2. The van der Waals surface area contributed by atoms with Crippen molar-refractivity contribution in [1.29, 1.82) is 0 Å². The Morgan fingerprint density at radius 3 is 3.10 bits per heavy atom. The molecular weight excluding hydrogens is 163 g/mol. The van der Waals surface area contributed by atoms with Gasteiger partial charge in [-0.2, -0.15) is 9.56 Å². The Hall–Kier alpha value is -0.420. The minimum Gasteiger partial charge on any atom is -0.427 e. The van der Waals surface area contributed by atoms with E-state index in [1.54, 1.807) is 0 Å². The largest absolute Gasteiger partial charge is 0.511 e. The smallest absolute Gasteiger partial charge is 0.427 e. The van der Waals surface area contributed by atoms with E-state index in [4.69, 9.17) is 4.89 Å². The molecule has 0 aromatic carbocycles. The van der Waals surface area contributed by atoms with E-state index in [2.05, 4.69) is 19.0 Å². The molecule has 0 spiro atoms. The van der Waals surface area contributed by atoms with E-state index < -0.39 is 21.5 Å². The first-order valence-corrected chi connectivity index (χ1v) is 3.23. The van der Waals surface area contributed by atoms with Crippen LogP contribution in [0.25, 0.3) is 0 Å². The molecule has 0 saturated carbocycles. The summed E-state index contributed by atoms with van der Waals surface area (Å²) in [5, 5.41) is 0. The van der Waals surface area contributed by atoms with Crippen molar-refractivity contribution in [3.8, 4) is 0 Å². The summed E-state index contributed by atoms with van der Waals surface area (Å²) in [6.45, 7) is -0.0106. The van der Waals surface area contributed by atoms with Gasteiger partial charge in [-0.25, -0.2) is 4.79 Å². The molecule has 0 amide bonds. The van der Waals surface area contributed by atoms with Crippen LogP contribution >= 0.6 is 9.03 Å². The zero-order valence-electron chi connectivity index (χ0n) is 4.77. The van der Waals surface area contributed by atoms with Gasteiger partial charge in [0, 0.05) is 0 Å². The van der Waals surface area contributed by atoms with Gasteiger partial charge in [-0.3, -0.25) is 0 Å². The van der Waals surface area contributed by atoms with E-state index >= 15 is 0 Å². The number of ether oxygens (including phenoxy) is 2. The van der Waals surface area contributed by atoms with Crippen LogP contribution in [0.15, 0.2) is 0 Å². The van der Waals surface area contributed by atoms with Crippen LogP contribution in [0.3, 0.4) is 0 Å². The highest BCUT2D eigenvalue weighted by molar-refractivity contribution is 7.24. The lowest BCUT2D eigenvalue weighted by Crippen LogP contribution is -2.12. The first kappa shape index (κ1) is 7.68. The maximum absolute atomic E-state index is 10.2. The average molecular weight is 168 g/mol. The molecule has 6 nitrogen and oxygen atoms in total. The minimum absolute atomic E-state index is 0.0106. The molecule has 1 fully saturated rings. The molecule has 0 aromatic rings. The molecular formula is C3H5O6P. The summed E-state index contributed by atoms with van der Waals surface area (Å²) in [5.74, 6) is 0. The van der Waals surface area contributed by atoms with Crippen molar-refractivity contribution in [3.63, 3.8) is 0 Å². The molecule has 1 N–H and O–H groups in total. The van der Waals surface area contributed by atoms with Crippen molar-refractivity contribution < 1.29 is 28.7 Å².